The Balaban J connectivity index is 0.00000264. The molecule has 1 amide bonds. The van der Waals surface area contributed by atoms with Gasteiger partial charge in [0.1, 0.15) is 0 Å². The molecule has 0 saturated carbocycles. The molecule has 1 atom stereocenters. The van der Waals surface area contributed by atoms with Crippen LogP contribution in [0.1, 0.15) is 17.5 Å². The summed E-state index contributed by atoms with van der Waals surface area (Å²) in [6.07, 6.45) is 0.195. The third-order valence-electron chi connectivity index (χ3n) is 4.55. The Morgan fingerprint density at radius 2 is 1.83 bits per heavy atom. The smallest absolute Gasteiger partial charge is 0.225 e. The first-order valence-electron chi connectivity index (χ1n) is 7.88. The highest BCUT2D eigenvalue weighted by Crippen LogP contribution is 2.24. The van der Waals surface area contributed by atoms with Crippen LogP contribution in [-0.4, -0.2) is 56.7 Å². The summed E-state index contributed by atoms with van der Waals surface area (Å²) in [5.41, 5.74) is 9.50. The predicted molar refractivity (Wildman–Crippen MR) is 104 cm³/mol. The number of nitrogens with zero attached hydrogens (tertiary/aromatic N) is 2. The average molecular weight is 378 g/mol. The van der Waals surface area contributed by atoms with Crippen molar-refractivity contribution in [3.8, 4) is 0 Å². The number of carbonyl (C=O) groups excluding carboxylic acids is 1. The van der Waals surface area contributed by atoms with E-state index >= 15 is 0 Å². The van der Waals surface area contributed by atoms with Crippen LogP contribution in [0, 0.1) is 13.8 Å². The molecule has 138 valence electrons. The number of aryl methyl sites for hydroxylation is 1. The molecule has 0 radical (unpaired) electrons. The standard InChI is InChI=1S/C17H27N3O2.2ClH/c1-13-5-4-6-16(14(13)2)19-7-9-20(10-8-19)17(21)11-15(12-18)22-3;;/h4-6,15H,7-12,18H2,1-3H3;2*1H. The Morgan fingerprint density at radius 1 is 1.21 bits per heavy atom. The summed E-state index contributed by atoms with van der Waals surface area (Å²) in [6, 6.07) is 6.39. The fourth-order valence-electron chi connectivity index (χ4n) is 2.86. The number of ether oxygens (including phenoxy) is 1. The van der Waals surface area contributed by atoms with Crippen LogP contribution in [0.4, 0.5) is 5.69 Å². The summed E-state index contributed by atoms with van der Waals surface area (Å²) < 4.78 is 5.20. The van der Waals surface area contributed by atoms with E-state index in [0.717, 1.165) is 26.2 Å². The monoisotopic (exact) mass is 377 g/mol. The van der Waals surface area contributed by atoms with Gasteiger partial charge >= 0.3 is 0 Å². The van der Waals surface area contributed by atoms with Crippen LogP contribution in [0.5, 0.6) is 0 Å². The first kappa shape index (κ1) is 23.0. The quantitative estimate of drug-likeness (QED) is 0.853. The lowest BCUT2D eigenvalue weighted by Gasteiger charge is -2.37. The molecule has 2 N–H and O–H groups in total. The van der Waals surface area contributed by atoms with E-state index in [1.54, 1.807) is 7.11 Å². The molecule has 5 nitrogen and oxygen atoms in total. The van der Waals surface area contributed by atoms with E-state index in [-0.39, 0.29) is 36.8 Å². The molecule has 1 aromatic carbocycles. The zero-order valence-corrected chi connectivity index (χ0v) is 16.3. The largest absolute Gasteiger partial charge is 0.380 e. The minimum absolute atomic E-state index is 0. The number of amides is 1. The Bertz CT molecular complexity index is 517. The third-order valence-corrected chi connectivity index (χ3v) is 4.55. The van der Waals surface area contributed by atoms with Gasteiger partial charge in [0.2, 0.25) is 5.91 Å². The molecule has 1 aliphatic rings. The molecule has 1 aliphatic heterocycles. The molecule has 0 aromatic heterocycles. The van der Waals surface area contributed by atoms with E-state index in [0.29, 0.717) is 13.0 Å². The molecular weight excluding hydrogens is 349 g/mol. The molecule has 24 heavy (non-hydrogen) atoms. The van der Waals surface area contributed by atoms with Gasteiger partial charge < -0.3 is 20.3 Å². The van der Waals surface area contributed by atoms with Crippen LogP contribution in [0.25, 0.3) is 0 Å². The highest BCUT2D eigenvalue weighted by atomic mass is 35.5. The second kappa shape index (κ2) is 10.8. The highest BCUT2D eigenvalue weighted by molar-refractivity contribution is 5.85. The van der Waals surface area contributed by atoms with Gasteiger partial charge in [0.05, 0.1) is 12.5 Å². The molecule has 7 heteroatoms. The van der Waals surface area contributed by atoms with Gasteiger partial charge in [-0.05, 0) is 31.0 Å². The van der Waals surface area contributed by atoms with Crippen LogP contribution in [0.15, 0.2) is 18.2 Å². The van der Waals surface area contributed by atoms with Crippen LogP contribution < -0.4 is 10.6 Å². The summed E-state index contributed by atoms with van der Waals surface area (Å²) in [5.74, 6) is 0.137. The SMILES string of the molecule is COC(CN)CC(=O)N1CCN(c2cccc(C)c2C)CC1.Cl.Cl. The van der Waals surface area contributed by atoms with Crippen molar-refractivity contribution in [1.82, 2.24) is 4.90 Å². The van der Waals surface area contributed by atoms with E-state index < -0.39 is 0 Å². The average Bonchev–Trinajstić information content (AvgIpc) is 2.55. The summed E-state index contributed by atoms with van der Waals surface area (Å²) >= 11 is 0. The summed E-state index contributed by atoms with van der Waals surface area (Å²) in [6.45, 7) is 7.93. The van der Waals surface area contributed by atoms with Gasteiger partial charge in [-0.25, -0.2) is 0 Å². The van der Waals surface area contributed by atoms with Gasteiger partial charge in [0.15, 0.2) is 0 Å². The van der Waals surface area contributed by atoms with Crippen LogP contribution in [0.3, 0.4) is 0 Å². The van der Waals surface area contributed by atoms with E-state index in [1.807, 2.05) is 4.90 Å². The topological polar surface area (TPSA) is 58.8 Å². The van der Waals surface area contributed by atoms with E-state index in [1.165, 1.54) is 16.8 Å². The van der Waals surface area contributed by atoms with E-state index in [9.17, 15) is 4.79 Å². The van der Waals surface area contributed by atoms with Crippen molar-refractivity contribution in [3.05, 3.63) is 29.3 Å². The van der Waals surface area contributed by atoms with Gasteiger partial charge in [0, 0.05) is 45.5 Å². The maximum atomic E-state index is 12.3. The van der Waals surface area contributed by atoms with Gasteiger partial charge in [0.25, 0.3) is 0 Å². The van der Waals surface area contributed by atoms with E-state index in [4.69, 9.17) is 10.5 Å². The number of methoxy groups -OCH3 is 1. The Morgan fingerprint density at radius 3 is 2.38 bits per heavy atom. The van der Waals surface area contributed by atoms with Gasteiger partial charge in [-0.15, -0.1) is 24.8 Å². The van der Waals surface area contributed by atoms with Crippen molar-refractivity contribution in [2.24, 2.45) is 5.73 Å². The maximum Gasteiger partial charge on any atom is 0.225 e. The molecule has 0 aliphatic carbocycles. The van der Waals surface area contributed by atoms with Crippen molar-refractivity contribution >= 4 is 36.4 Å². The predicted octanol–water partition coefficient (Wildman–Crippen LogP) is 2.16. The number of anilines is 1. The third kappa shape index (κ3) is 5.52. The highest BCUT2D eigenvalue weighted by Gasteiger charge is 2.24. The lowest BCUT2D eigenvalue weighted by molar-refractivity contribution is -0.133. The minimum Gasteiger partial charge on any atom is -0.380 e. The summed E-state index contributed by atoms with van der Waals surface area (Å²) in [7, 11) is 1.60. The first-order chi connectivity index (χ1) is 10.6. The number of halogens is 2. The lowest BCUT2D eigenvalue weighted by atomic mass is 10.1. The van der Waals surface area contributed by atoms with Gasteiger partial charge in [-0.1, -0.05) is 12.1 Å². The Hall–Kier alpha value is -1.01. The maximum absolute atomic E-state index is 12.3. The molecule has 2 rings (SSSR count). The number of hydrogen-bond donors (Lipinski definition) is 1. The number of nitrogens with two attached hydrogens (primary N) is 1. The van der Waals surface area contributed by atoms with Crippen molar-refractivity contribution in [3.63, 3.8) is 0 Å². The van der Waals surface area contributed by atoms with Crippen molar-refractivity contribution < 1.29 is 9.53 Å². The second-order valence-corrected chi connectivity index (χ2v) is 5.88. The van der Waals surface area contributed by atoms with Crippen molar-refractivity contribution in [2.75, 3.05) is 44.7 Å². The van der Waals surface area contributed by atoms with E-state index in [2.05, 4.69) is 36.9 Å². The van der Waals surface area contributed by atoms with Crippen LogP contribution >= 0.6 is 24.8 Å². The molecule has 1 saturated heterocycles. The fourth-order valence-corrected chi connectivity index (χ4v) is 2.86. The molecular formula is C17H29Cl2N3O2. The molecule has 1 fully saturated rings. The number of piperazine rings is 1. The van der Waals surface area contributed by atoms with Gasteiger partial charge in [-0.2, -0.15) is 0 Å². The number of rotatable bonds is 5. The number of carbonyl (C=O) groups is 1. The van der Waals surface area contributed by atoms with Crippen LogP contribution in [0.2, 0.25) is 0 Å². The summed E-state index contributed by atoms with van der Waals surface area (Å²) in [4.78, 5) is 16.5. The zero-order valence-electron chi connectivity index (χ0n) is 14.7. The first-order valence-corrected chi connectivity index (χ1v) is 7.88. The Kier molecular flexibility index (Phi) is 10.3. The van der Waals surface area contributed by atoms with Crippen LogP contribution in [-0.2, 0) is 9.53 Å². The minimum atomic E-state index is -0.176. The van der Waals surface area contributed by atoms with Gasteiger partial charge in [-0.3, -0.25) is 4.79 Å². The summed E-state index contributed by atoms with van der Waals surface area (Å²) in [5, 5.41) is 0. The lowest BCUT2D eigenvalue weighted by Crippen LogP contribution is -2.49. The number of hydrogen-bond acceptors (Lipinski definition) is 4. The molecule has 1 heterocycles. The molecule has 1 aromatic rings. The Labute approximate surface area is 157 Å². The molecule has 0 bridgehead atoms. The molecule has 0 spiro atoms. The molecule has 1 unspecified atom stereocenters. The van der Waals surface area contributed by atoms with Crippen molar-refractivity contribution in [2.45, 2.75) is 26.4 Å². The normalized spacial score (nSPS) is 15.3. The second-order valence-electron chi connectivity index (χ2n) is 5.88. The fraction of sp³-hybridized carbons (Fsp3) is 0.588. The van der Waals surface area contributed by atoms with Crippen molar-refractivity contribution in [1.29, 1.82) is 0 Å². The number of benzene rings is 1. The zero-order chi connectivity index (χ0) is 16.1.